The predicted octanol–water partition coefficient (Wildman–Crippen LogP) is 1.70. The van der Waals surface area contributed by atoms with Gasteiger partial charge in [0, 0.05) is 13.0 Å². The van der Waals surface area contributed by atoms with E-state index in [4.69, 9.17) is 0 Å². The molecule has 0 radical (unpaired) electrons. The quantitative estimate of drug-likeness (QED) is 0.842. The topological polar surface area (TPSA) is 49.4 Å². The first-order valence-corrected chi connectivity index (χ1v) is 7.65. The molecule has 4 heteroatoms. The summed E-state index contributed by atoms with van der Waals surface area (Å²) in [5, 5.41) is 3.32. The summed E-state index contributed by atoms with van der Waals surface area (Å²) in [5.41, 5.74) is 0.224. The molecule has 3 rings (SSSR count). The van der Waals surface area contributed by atoms with Gasteiger partial charge in [-0.2, -0.15) is 0 Å². The SMILES string of the molecule is CC1CNCC(N2C(=O)CC(C)(c3ccccc3)C2=O)C1. The molecular formula is C17H22N2O2. The van der Waals surface area contributed by atoms with Crippen molar-refractivity contribution >= 4 is 11.8 Å². The Kier molecular flexibility index (Phi) is 3.57. The first-order chi connectivity index (χ1) is 10.0. The molecule has 2 saturated heterocycles. The monoisotopic (exact) mass is 286 g/mol. The molecule has 1 N–H and O–H groups in total. The van der Waals surface area contributed by atoms with E-state index in [0.717, 1.165) is 18.5 Å². The highest BCUT2D eigenvalue weighted by Crippen LogP contribution is 2.38. The fourth-order valence-electron chi connectivity index (χ4n) is 3.57. The number of benzene rings is 1. The molecule has 4 nitrogen and oxygen atoms in total. The van der Waals surface area contributed by atoms with Crippen molar-refractivity contribution in [1.29, 1.82) is 0 Å². The van der Waals surface area contributed by atoms with E-state index in [-0.39, 0.29) is 24.3 Å². The first kappa shape index (κ1) is 14.3. The normalized spacial score (nSPS) is 33.5. The van der Waals surface area contributed by atoms with Crippen LogP contribution < -0.4 is 5.32 Å². The number of nitrogens with one attached hydrogen (secondary N) is 1. The molecule has 2 heterocycles. The Morgan fingerprint density at radius 1 is 1.19 bits per heavy atom. The van der Waals surface area contributed by atoms with Crippen molar-refractivity contribution in [3.63, 3.8) is 0 Å². The molecule has 2 amide bonds. The number of rotatable bonds is 2. The number of hydrogen-bond acceptors (Lipinski definition) is 3. The van der Waals surface area contributed by atoms with Crippen molar-refractivity contribution in [2.75, 3.05) is 13.1 Å². The first-order valence-electron chi connectivity index (χ1n) is 7.65. The van der Waals surface area contributed by atoms with Crippen molar-refractivity contribution in [2.45, 2.75) is 38.1 Å². The van der Waals surface area contributed by atoms with Crippen LogP contribution in [0.3, 0.4) is 0 Å². The van der Waals surface area contributed by atoms with Crippen molar-refractivity contribution in [3.8, 4) is 0 Å². The molecule has 2 aliphatic rings. The molecule has 0 bridgehead atoms. The number of carbonyl (C=O) groups is 2. The van der Waals surface area contributed by atoms with Crippen molar-refractivity contribution in [1.82, 2.24) is 10.2 Å². The number of likely N-dealkylation sites (tertiary alicyclic amines) is 1. The average Bonchev–Trinajstić information content (AvgIpc) is 2.71. The predicted molar refractivity (Wildman–Crippen MR) is 80.7 cm³/mol. The maximum atomic E-state index is 12.9. The van der Waals surface area contributed by atoms with Crippen LogP contribution >= 0.6 is 0 Å². The van der Waals surface area contributed by atoms with Crippen LogP contribution in [0.4, 0.5) is 0 Å². The third-order valence-electron chi connectivity index (χ3n) is 4.79. The van der Waals surface area contributed by atoms with Gasteiger partial charge in [0.05, 0.1) is 11.5 Å². The Bertz CT molecular complexity index is 557. The Morgan fingerprint density at radius 3 is 2.57 bits per heavy atom. The Morgan fingerprint density at radius 2 is 1.90 bits per heavy atom. The van der Waals surface area contributed by atoms with Gasteiger partial charge in [-0.3, -0.25) is 14.5 Å². The fourth-order valence-corrected chi connectivity index (χ4v) is 3.57. The lowest BCUT2D eigenvalue weighted by Gasteiger charge is -2.34. The summed E-state index contributed by atoms with van der Waals surface area (Å²) in [7, 11) is 0. The number of amides is 2. The fraction of sp³-hybridized carbons (Fsp3) is 0.529. The second-order valence-electron chi connectivity index (χ2n) is 6.60. The number of nitrogens with zero attached hydrogens (tertiary/aromatic N) is 1. The van der Waals surface area contributed by atoms with Gasteiger partial charge in [0.2, 0.25) is 11.8 Å². The average molecular weight is 286 g/mol. The second-order valence-corrected chi connectivity index (χ2v) is 6.60. The van der Waals surface area contributed by atoms with Gasteiger partial charge in [0.1, 0.15) is 0 Å². The molecule has 1 aromatic carbocycles. The van der Waals surface area contributed by atoms with Gasteiger partial charge in [0.25, 0.3) is 0 Å². The molecule has 112 valence electrons. The lowest BCUT2D eigenvalue weighted by atomic mass is 9.81. The van der Waals surface area contributed by atoms with Gasteiger partial charge in [-0.1, -0.05) is 37.3 Å². The van der Waals surface area contributed by atoms with Crippen LogP contribution in [-0.4, -0.2) is 35.8 Å². The van der Waals surface area contributed by atoms with E-state index < -0.39 is 5.41 Å². The molecule has 0 aliphatic carbocycles. The number of hydrogen-bond donors (Lipinski definition) is 1. The van der Waals surface area contributed by atoms with E-state index in [1.165, 1.54) is 4.90 Å². The zero-order valence-corrected chi connectivity index (χ0v) is 12.6. The minimum absolute atomic E-state index is 0.000660. The van der Waals surface area contributed by atoms with Gasteiger partial charge in [-0.05, 0) is 31.4 Å². The van der Waals surface area contributed by atoms with Gasteiger partial charge in [0.15, 0.2) is 0 Å². The van der Waals surface area contributed by atoms with Crippen LogP contribution in [0.25, 0.3) is 0 Å². The second kappa shape index (κ2) is 5.26. The van der Waals surface area contributed by atoms with E-state index in [9.17, 15) is 9.59 Å². The van der Waals surface area contributed by atoms with E-state index in [0.29, 0.717) is 12.5 Å². The molecule has 21 heavy (non-hydrogen) atoms. The van der Waals surface area contributed by atoms with E-state index >= 15 is 0 Å². The number of imide groups is 1. The third-order valence-corrected chi connectivity index (χ3v) is 4.79. The molecule has 0 saturated carbocycles. The maximum absolute atomic E-state index is 12.9. The van der Waals surface area contributed by atoms with Crippen LogP contribution in [0.1, 0.15) is 32.3 Å². The summed E-state index contributed by atoms with van der Waals surface area (Å²) >= 11 is 0. The maximum Gasteiger partial charge on any atom is 0.240 e. The van der Waals surface area contributed by atoms with Crippen molar-refractivity contribution < 1.29 is 9.59 Å². The molecule has 0 spiro atoms. The third kappa shape index (κ3) is 2.38. The van der Waals surface area contributed by atoms with Crippen LogP contribution in [0, 0.1) is 5.92 Å². The lowest BCUT2D eigenvalue weighted by molar-refractivity contribution is -0.143. The van der Waals surface area contributed by atoms with Crippen LogP contribution in [0.15, 0.2) is 30.3 Å². The Hall–Kier alpha value is -1.68. The summed E-state index contributed by atoms with van der Waals surface area (Å²) in [5.74, 6) is 0.416. The highest BCUT2D eigenvalue weighted by Gasteiger charge is 2.51. The lowest BCUT2D eigenvalue weighted by Crippen LogP contribution is -2.52. The molecular weight excluding hydrogens is 264 g/mol. The Balaban J connectivity index is 1.88. The minimum atomic E-state index is -0.709. The van der Waals surface area contributed by atoms with Gasteiger partial charge in [-0.15, -0.1) is 0 Å². The van der Waals surface area contributed by atoms with Crippen LogP contribution in [-0.2, 0) is 15.0 Å². The van der Waals surface area contributed by atoms with E-state index in [1.807, 2.05) is 37.3 Å². The largest absolute Gasteiger partial charge is 0.314 e. The molecule has 2 fully saturated rings. The Labute approximate surface area is 125 Å². The standard InChI is InChI=1S/C17H22N2O2/c1-12-8-14(11-18-10-12)19-15(20)9-17(2,16(19)21)13-6-4-3-5-7-13/h3-7,12,14,18H,8-11H2,1-2H3. The van der Waals surface area contributed by atoms with Crippen molar-refractivity contribution in [3.05, 3.63) is 35.9 Å². The van der Waals surface area contributed by atoms with Gasteiger partial charge in [-0.25, -0.2) is 0 Å². The van der Waals surface area contributed by atoms with Gasteiger partial charge < -0.3 is 5.32 Å². The summed E-state index contributed by atoms with van der Waals surface area (Å²) in [6.45, 7) is 5.72. The zero-order chi connectivity index (χ0) is 15.0. The number of carbonyl (C=O) groups excluding carboxylic acids is 2. The zero-order valence-electron chi connectivity index (χ0n) is 12.6. The summed E-state index contributed by atoms with van der Waals surface area (Å²) in [4.78, 5) is 26.9. The smallest absolute Gasteiger partial charge is 0.240 e. The molecule has 3 atom stereocenters. The van der Waals surface area contributed by atoms with Crippen LogP contribution in [0.5, 0.6) is 0 Å². The molecule has 3 unspecified atom stereocenters. The minimum Gasteiger partial charge on any atom is -0.314 e. The molecule has 1 aromatic rings. The highest BCUT2D eigenvalue weighted by molar-refractivity contribution is 6.09. The van der Waals surface area contributed by atoms with E-state index in [1.54, 1.807) is 0 Å². The van der Waals surface area contributed by atoms with E-state index in [2.05, 4.69) is 12.2 Å². The van der Waals surface area contributed by atoms with Crippen LogP contribution in [0.2, 0.25) is 0 Å². The summed E-state index contributed by atoms with van der Waals surface area (Å²) in [6.07, 6.45) is 1.18. The summed E-state index contributed by atoms with van der Waals surface area (Å²) < 4.78 is 0. The number of piperidine rings is 1. The van der Waals surface area contributed by atoms with Crippen molar-refractivity contribution in [2.24, 2.45) is 5.92 Å². The van der Waals surface area contributed by atoms with Gasteiger partial charge >= 0.3 is 0 Å². The summed E-state index contributed by atoms with van der Waals surface area (Å²) in [6, 6.07) is 9.65. The molecule has 0 aromatic heterocycles. The highest BCUT2D eigenvalue weighted by atomic mass is 16.2. The molecule has 2 aliphatic heterocycles.